The molecule has 0 fully saturated rings. The molecule has 1 aromatic rings. The summed E-state index contributed by atoms with van der Waals surface area (Å²) in [7, 11) is -4.68. The van der Waals surface area contributed by atoms with Gasteiger partial charge in [-0.3, -0.25) is 4.55 Å². The van der Waals surface area contributed by atoms with Crippen molar-refractivity contribution in [3.63, 3.8) is 0 Å². The molecule has 0 aliphatic rings. The van der Waals surface area contributed by atoms with E-state index < -0.39 is 42.6 Å². The second kappa shape index (κ2) is 8.11. The monoisotopic (exact) mass is 368 g/mol. The van der Waals surface area contributed by atoms with E-state index in [1.807, 2.05) is 0 Å². The van der Waals surface area contributed by atoms with E-state index in [0.717, 1.165) is 6.07 Å². The summed E-state index contributed by atoms with van der Waals surface area (Å²) in [6, 6.07) is 1.42. The number of aromatic carboxylic acids is 2. The van der Waals surface area contributed by atoms with Gasteiger partial charge in [-0.15, -0.1) is 0 Å². The van der Waals surface area contributed by atoms with Crippen LogP contribution < -0.4 is 69.3 Å². The molecule has 0 bridgehead atoms. The Kier molecular flexibility index (Phi) is 9.32. The van der Waals surface area contributed by atoms with Gasteiger partial charge in [0.2, 0.25) is 0 Å². The van der Waals surface area contributed by atoms with E-state index in [9.17, 15) is 28.2 Å². The third-order valence-electron chi connectivity index (χ3n) is 1.81. The molecule has 0 saturated heterocycles. The van der Waals surface area contributed by atoms with Gasteiger partial charge in [0.05, 0.1) is 11.9 Å². The molecule has 1 aromatic carbocycles. The van der Waals surface area contributed by atoms with E-state index in [4.69, 9.17) is 4.55 Å². The van der Waals surface area contributed by atoms with E-state index in [1.54, 1.807) is 0 Å². The topological polar surface area (TPSA) is 135 Å². The van der Waals surface area contributed by atoms with Gasteiger partial charge in [0.1, 0.15) is 4.90 Å². The second-order valence-electron chi connectivity index (χ2n) is 2.85. The Morgan fingerprint density at radius 2 is 1.58 bits per heavy atom. The zero-order valence-corrected chi connectivity index (χ0v) is 16.2. The van der Waals surface area contributed by atoms with E-state index in [1.165, 1.54) is 0 Å². The first kappa shape index (κ1) is 21.8. The number of hydrogen-bond donors (Lipinski definition) is 1. The first-order chi connectivity index (χ1) is 7.66. The van der Waals surface area contributed by atoms with Crippen LogP contribution in [0, 0.1) is 0 Å². The van der Waals surface area contributed by atoms with E-state index in [-0.39, 0.29) is 59.1 Å². The van der Waals surface area contributed by atoms with Crippen molar-refractivity contribution in [1.29, 1.82) is 0 Å². The van der Waals surface area contributed by atoms with Crippen LogP contribution >= 0.6 is 15.9 Å². The van der Waals surface area contributed by atoms with Crippen molar-refractivity contribution in [3.8, 4) is 0 Å². The molecule has 1 rings (SSSR count). The maximum Gasteiger partial charge on any atom is 1.00 e. The van der Waals surface area contributed by atoms with Crippen LogP contribution in [-0.4, -0.2) is 24.9 Å². The van der Waals surface area contributed by atoms with Crippen LogP contribution in [0.5, 0.6) is 0 Å². The van der Waals surface area contributed by atoms with Crippen molar-refractivity contribution in [1.82, 2.24) is 0 Å². The predicted octanol–water partition coefficient (Wildman–Crippen LogP) is -7.57. The molecule has 19 heavy (non-hydrogen) atoms. The number of hydrogen-bond acceptors (Lipinski definition) is 6. The molecule has 0 saturated carbocycles. The van der Waals surface area contributed by atoms with E-state index in [0.29, 0.717) is 6.07 Å². The van der Waals surface area contributed by atoms with Crippen LogP contribution in [0.1, 0.15) is 20.7 Å². The SMILES string of the molecule is O=C([O-])c1ccc(S(=O)(=O)O)c(Br)c1C(=O)[O-].[Na+].[Na+]. The summed E-state index contributed by atoms with van der Waals surface area (Å²) in [4.78, 5) is 20.5. The minimum Gasteiger partial charge on any atom is -0.545 e. The number of carboxylic acids is 2. The largest absolute Gasteiger partial charge is 1.00 e. The minimum atomic E-state index is -4.68. The minimum absolute atomic E-state index is 0. The molecule has 0 atom stereocenters. The first-order valence-electron chi connectivity index (χ1n) is 3.89. The molecule has 0 heterocycles. The summed E-state index contributed by atoms with van der Waals surface area (Å²) in [5.74, 6) is -3.73. The summed E-state index contributed by atoms with van der Waals surface area (Å²) in [6.45, 7) is 0. The zero-order chi connectivity index (χ0) is 13.4. The first-order valence-corrected chi connectivity index (χ1v) is 6.12. The van der Waals surface area contributed by atoms with Crippen LogP contribution in [0.15, 0.2) is 21.5 Å². The zero-order valence-electron chi connectivity index (χ0n) is 9.84. The Hall–Kier alpha value is 0.550. The van der Waals surface area contributed by atoms with Crippen molar-refractivity contribution in [2.75, 3.05) is 0 Å². The fraction of sp³-hybridized carbons (Fsp3) is 0. The quantitative estimate of drug-likeness (QED) is 0.413. The summed E-state index contributed by atoms with van der Waals surface area (Å²) < 4.78 is 29.9. The van der Waals surface area contributed by atoms with Crippen LogP contribution in [0.2, 0.25) is 0 Å². The summed E-state index contributed by atoms with van der Waals surface area (Å²) in [5, 5.41) is 21.3. The van der Waals surface area contributed by atoms with Crippen molar-refractivity contribution >= 4 is 38.0 Å². The molecule has 0 amide bonds. The smallest absolute Gasteiger partial charge is 0.545 e. The van der Waals surface area contributed by atoms with Crippen LogP contribution in [0.3, 0.4) is 0 Å². The molecule has 0 aromatic heterocycles. The van der Waals surface area contributed by atoms with Crippen LogP contribution in [-0.2, 0) is 10.1 Å². The van der Waals surface area contributed by atoms with E-state index in [2.05, 4.69) is 15.9 Å². The predicted molar refractivity (Wildman–Crippen MR) is 52.6 cm³/mol. The Morgan fingerprint density at radius 3 is 1.89 bits per heavy atom. The van der Waals surface area contributed by atoms with Crippen LogP contribution in [0.4, 0.5) is 0 Å². The number of carboxylic acid groups (broad SMARTS) is 2. The third-order valence-corrected chi connectivity index (χ3v) is 3.79. The maximum absolute atomic E-state index is 10.9. The molecular formula is C8H3BrNa2O7S. The van der Waals surface area contributed by atoms with Gasteiger partial charge in [-0.1, -0.05) is 6.07 Å². The molecule has 0 radical (unpaired) electrons. The summed E-state index contributed by atoms with van der Waals surface area (Å²) >= 11 is 2.59. The molecule has 0 spiro atoms. The maximum atomic E-state index is 10.9. The fourth-order valence-electron chi connectivity index (χ4n) is 1.13. The van der Waals surface area contributed by atoms with Gasteiger partial charge in [-0.05, 0) is 22.0 Å². The third kappa shape index (κ3) is 5.10. The van der Waals surface area contributed by atoms with Gasteiger partial charge in [0, 0.05) is 15.6 Å². The molecule has 0 unspecified atom stereocenters. The molecular weight excluding hydrogens is 366 g/mol. The number of benzene rings is 1. The molecule has 0 aliphatic heterocycles. The van der Waals surface area contributed by atoms with Crippen molar-refractivity contribution in [2.24, 2.45) is 0 Å². The average molecular weight is 369 g/mol. The molecule has 7 nitrogen and oxygen atoms in total. The molecule has 0 aliphatic carbocycles. The van der Waals surface area contributed by atoms with Gasteiger partial charge >= 0.3 is 59.1 Å². The normalized spacial score (nSPS) is 10.0. The number of carbonyl (C=O) groups excluding carboxylic acids is 2. The summed E-state index contributed by atoms with van der Waals surface area (Å²) in [6.07, 6.45) is 0. The van der Waals surface area contributed by atoms with Gasteiger partial charge in [0.15, 0.2) is 0 Å². The van der Waals surface area contributed by atoms with Gasteiger partial charge in [-0.2, -0.15) is 8.42 Å². The van der Waals surface area contributed by atoms with Gasteiger partial charge < -0.3 is 19.8 Å². The second-order valence-corrected chi connectivity index (χ2v) is 5.03. The molecule has 1 N–H and O–H groups in total. The Morgan fingerprint density at radius 1 is 1.11 bits per heavy atom. The Balaban J connectivity index is 0. The number of carbonyl (C=O) groups is 2. The van der Waals surface area contributed by atoms with E-state index >= 15 is 0 Å². The molecule has 11 heteroatoms. The fourth-order valence-corrected chi connectivity index (χ4v) is 2.82. The van der Waals surface area contributed by atoms with Gasteiger partial charge in [-0.25, -0.2) is 0 Å². The standard InChI is InChI=1S/C8H5BrO7S.2Na/c9-6-4(17(14,15)16)2-1-3(7(10)11)5(6)8(12)13;;/h1-2H,(H,10,11)(H,12,13)(H,14,15,16);;/q;2*+1/p-2. The number of rotatable bonds is 3. The number of halogens is 1. The van der Waals surface area contributed by atoms with Crippen molar-refractivity contribution in [2.45, 2.75) is 4.90 Å². The average Bonchev–Trinajstić information content (AvgIpc) is 2.13. The molecule has 92 valence electrons. The van der Waals surface area contributed by atoms with Gasteiger partial charge in [0.25, 0.3) is 10.1 Å². The van der Waals surface area contributed by atoms with Crippen molar-refractivity contribution in [3.05, 3.63) is 27.7 Å². The summed E-state index contributed by atoms with van der Waals surface area (Å²) in [5.41, 5.74) is -1.68. The Bertz CT molecular complexity index is 614. The van der Waals surface area contributed by atoms with Crippen LogP contribution in [0.25, 0.3) is 0 Å². The van der Waals surface area contributed by atoms with Crippen molar-refractivity contribution < 1.29 is 91.9 Å². The Labute approximate surface area is 160 Å².